The number of aryl methyl sites for hydroxylation is 1. The fourth-order valence-electron chi connectivity index (χ4n) is 2.21. The fraction of sp³-hybridized carbons (Fsp3) is 0.600. The van der Waals surface area contributed by atoms with Crippen LogP contribution in [0.25, 0.3) is 0 Å². The molecule has 0 aliphatic rings. The molecule has 20 heavy (non-hydrogen) atoms. The first kappa shape index (κ1) is 16.4. The van der Waals surface area contributed by atoms with Gasteiger partial charge in [-0.2, -0.15) is 0 Å². The lowest BCUT2D eigenvalue weighted by Crippen LogP contribution is -2.36. The van der Waals surface area contributed by atoms with Gasteiger partial charge in [-0.1, -0.05) is 20.8 Å². The van der Waals surface area contributed by atoms with Crippen LogP contribution in [0.2, 0.25) is 0 Å². The summed E-state index contributed by atoms with van der Waals surface area (Å²) in [5.74, 6) is 6.50. The zero-order valence-electron chi connectivity index (χ0n) is 13.1. The van der Waals surface area contributed by atoms with Crippen LogP contribution in [0.15, 0.2) is 12.1 Å². The van der Waals surface area contributed by atoms with Crippen LogP contribution in [0.4, 0.5) is 5.82 Å². The van der Waals surface area contributed by atoms with Gasteiger partial charge in [0.2, 0.25) is 0 Å². The molecule has 5 nitrogen and oxygen atoms in total. The Labute approximate surface area is 121 Å². The van der Waals surface area contributed by atoms with Crippen LogP contribution >= 0.6 is 0 Å². The third-order valence-corrected chi connectivity index (χ3v) is 3.43. The van der Waals surface area contributed by atoms with E-state index in [9.17, 15) is 4.79 Å². The van der Waals surface area contributed by atoms with Gasteiger partial charge in [-0.15, -0.1) is 0 Å². The maximum atomic E-state index is 12.5. The highest BCUT2D eigenvalue weighted by atomic mass is 16.2. The van der Waals surface area contributed by atoms with Crippen LogP contribution in [-0.2, 0) is 6.42 Å². The first-order valence-corrected chi connectivity index (χ1v) is 7.13. The molecule has 1 atom stereocenters. The average molecular weight is 278 g/mol. The Morgan fingerprint density at radius 2 is 2.05 bits per heavy atom. The Balaban J connectivity index is 2.95. The van der Waals surface area contributed by atoms with Crippen molar-refractivity contribution >= 4 is 11.7 Å². The van der Waals surface area contributed by atoms with E-state index in [0.717, 1.165) is 18.5 Å². The van der Waals surface area contributed by atoms with Crippen molar-refractivity contribution in [3.63, 3.8) is 0 Å². The molecule has 112 valence electrons. The first-order valence-electron chi connectivity index (χ1n) is 7.13. The van der Waals surface area contributed by atoms with Gasteiger partial charge in [0, 0.05) is 24.3 Å². The lowest BCUT2D eigenvalue weighted by atomic mass is 10.0. The van der Waals surface area contributed by atoms with Crippen molar-refractivity contribution in [3.8, 4) is 0 Å². The van der Waals surface area contributed by atoms with Gasteiger partial charge in [0.1, 0.15) is 5.82 Å². The quantitative estimate of drug-likeness (QED) is 0.619. The molecule has 0 saturated carbocycles. The number of pyridine rings is 1. The molecule has 0 spiro atoms. The molecule has 0 fully saturated rings. The molecule has 1 aromatic rings. The lowest BCUT2D eigenvalue weighted by Gasteiger charge is -2.26. The molecular formula is C15H26N4O. The zero-order valence-corrected chi connectivity index (χ0v) is 13.1. The van der Waals surface area contributed by atoms with Gasteiger partial charge in [-0.05, 0) is 37.8 Å². The Kier molecular flexibility index (Phi) is 5.95. The Morgan fingerprint density at radius 3 is 2.55 bits per heavy atom. The predicted molar refractivity (Wildman–Crippen MR) is 82.4 cm³/mol. The number of hydrogen-bond acceptors (Lipinski definition) is 4. The number of aromatic nitrogens is 1. The molecule has 1 amide bonds. The van der Waals surface area contributed by atoms with Gasteiger partial charge in [-0.3, -0.25) is 4.79 Å². The summed E-state index contributed by atoms with van der Waals surface area (Å²) in [5.41, 5.74) is 4.00. The minimum Gasteiger partial charge on any atom is -0.339 e. The van der Waals surface area contributed by atoms with Crippen LogP contribution in [0.1, 0.15) is 50.2 Å². The standard InChI is InChI=1S/C15H26N4O/c1-6-13-8-12(9-14(17-13)18-16)15(20)19(5)11(4)7-10(2)3/h8-11H,6-7,16H2,1-5H3,(H,17,18). The van der Waals surface area contributed by atoms with Crippen molar-refractivity contribution in [2.45, 2.75) is 46.6 Å². The van der Waals surface area contributed by atoms with E-state index in [1.165, 1.54) is 0 Å². The summed E-state index contributed by atoms with van der Waals surface area (Å²) in [6, 6.07) is 3.73. The molecule has 0 saturated heterocycles. The number of amides is 1. The molecule has 5 heteroatoms. The number of carbonyl (C=O) groups is 1. The molecule has 0 aliphatic heterocycles. The predicted octanol–water partition coefficient (Wildman–Crippen LogP) is 2.44. The second-order valence-corrected chi connectivity index (χ2v) is 5.62. The number of rotatable bonds is 6. The fourth-order valence-corrected chi connectivity index (χ4v) is 2.21. The molecule has 0 radical (unpaired) electrons. The van der Waals surface area contributed by atoms with E-state index in [1.54, 1.807) is 11.0 Å². The summed E-state index contributed by atoms with van der Waals surface area (Å²) in [6.45, 7) is 8.39. The third-order valence-electron chi connectivity index (χ3n) is 3.43. The molecule has 1 heterocycles. The number of nitrogens with two attached hydrogens (primary N) is 1. The highest BCUT2D eigenvalue weighted by Crippen LogP contribution is 2.16. The molecule has 0 aromatic carbocycles. The van der Waals surface area contributed by atoms with Crippen LogP contribution in [0.5, 0.6) is 0 Å². The topological polar surface area (TPSA) is 71.2 Å². The van der Waals surface area contributed by atoms with Gasteiger partial charge < -0.3 is 10.3 Å². The maximum Gasteiger partial charge on any atom is 0.254 e. The number of nitrogens with one attached hydrogen (secondary N) is 1. The van der Waals surface area contributed by atoms with Crippen molar-refractivity contribution < 1.29 is 4.79 Å². The summed E-state index contributed by atoms with van der Waals surface area (Å²) in [5, 5.41) is 0. The van der Waals surface area contributed by atoms with Crippen molar-refractivity contribution in [1.29, 1.82) is 0 Å². The molecule has 1 rings (SSSR count). The Morgan fingerprint density at radius 1 is 1.40 bits per heavy atom. The first-order chi connectivity index (χ1) is 9.38. The van der Waals surface area contributed by atoms with E-state index in [1.807, 2.05) is 20.0 Å². The largest absolute Gasteiger partial charge is 0.339 e. The van der Waals surface area contributed by atoms with Crippen LogP contribution in [0.3, 0.4) is 0 Å². The minimum absolute atomic E-state index is 0.00625. The van der Waals surface area contributed by atoms with Crippen LogP contribution in [-0.4, -0.2) is 28.9 Å². The smallest absolute Gasteiger partial charge is 0.254 e. The molecule has 3 N–H and O–H groups in total. The van der Waals surface area contributed by atoms with Crippen molar-refractivity contribution in [3.05, 3.63) is 23.4 Å². The van der Waals surface area contributed by atoms with Gasteiger partial charge >= 0.3 is 0 Å². The summed E-state index contributed by atoms with van der Waals surface area (Å²) >= 11 is 0. The van der Waals surface area contributed by atoms with E-state index in [-0.39, 0.29) is 11.9 Å². The number of nitrogens with zero attached hydrogens (tertiary/aromatic N) is 2. The van der Waals surface area contributed by atoms with E-state index in [4.69, 9.17) is 5.84 Å². The third kappa shape index (κ3) is 4.20. The summed E-state index contributed by atoms with van der Waals surface area (Å²) in [4.78, 5) is 18.6. The van der Waals surface area contributed by atoms with E-state index in [2.05, 4.69) is 31.2 Å². The van der Waals surface area contributed by atoms with Crippen molar-refractivity contribution in [1.82, 2.24) is 9.88 Å². The van der Waals surface area contributed by atoms with Gasteiger partial charge in [0.05, 0.1) is 0 Å². The second kappa shape index (κ2) is 7.24. The number of anilines is 1. The van der Waals surface area contributed by atoms with Crippen molar-refractivity contribution in [2.75, 3.05) is 12.5 Å². The SMILES string of the molecule is CCc1cc(C(=O)N(C)C(C)CC(C)C)cc(NN)n1. The number of carbonyl (C=O) groups excluding carboxylic acids is 1. The summed E-state index contributed by atoms with van der Waals surface area (Å²) < 4.78 is 0. The van der Waals surface area contributed by atoms with Gasteiger partial charge in [-0.25, -0.2) is 10.8 Å². The number of hydrogen-bond donors (Lipinski definition) is 2. The van der Waals surface area contributed by atoms with Gasteiger partial charge in [0.15, 0.2) is 0 Å². The van der Waals surface area contributed by atoms with E-state index < -0.39 is 0 Å². The molecule has 0 aliphatic carbocycles. The molecular weight excluding hydrogens is 252 g/mol. The normalized spacial score (nSPS) is 12.3. The minimum atomic E-state index is 0.00625. The van der Waals surface area contributed by atoms with E-state index in [0.29, 0.717) is 17.3 Å². The average Bonchev–Trinajstić information content (AvgIpc) is 2.44. The van der Waals surface area contributed by atoms with Gasteiger partial charge in [0.25, 0.3) is 5.91 Å². The summed E-state index contributed by atoms with van der Waals surface area (Å²) in [7, 11) is 1.84. The molecule has 1 unspecified atom stereocenters. The molecule has 0 bridgehead atoms. The number of nitrogen functional groups attached to an aromatic ring is 1. The highest BCUT2D eigenvalue weighted by Gasteiger charge is 2.19. The van der Waals surface area contributed by atoms with Crippen molar-refractivity contribution in [2.24, 2.45) is 11.8 Å². The van der Waals surface area contributed by atoms with Crippen LogP contribution < -0.4 is 11.3 Å². The monoisotopic (exact) mass is 278 g/mol. The second-order valence-electron chi connectivity index (χ2n) is 5.62. The van der Waals surface area contributed by atoms with Crippen LogP contribution in [0, 0.1) is 5.92 Å². The van der Waals surface area contributed by atoms with E-state index >= 15 is 0 Å². The highest BCUT2D eigenvalue weighted by molar-refractivity contribution is 5.95. The number of hydrazine groups is 1. The maximum absolute atomic E-state index is 12.5. The Bertz CT molecular complexity index is 437. The molecule has 1 aromatic heterocycles. The zero-order chi connectivity index (χ0) is 15.3. The Hall–Kier alpha value is -1.62. The summed E-state index contributed by atoms with van der Waals surface area (Å²) in [6.07, 6.45) is 1.75. The lowest BCUT2D eigenvalue weighted by molar-refractivity contribution is 0.0728.